The second-order valence-corrected chi connectivity index (χ2v) is 7.59. The van der Waals surface area contributed by atoms with Gasteiger partial charge in [-0.2, -0.15) is 0 Å². The van der Waals surface area contributed by atoms with Crippen molar-refractivity contribution in [2.45, 2.75) is 26.7 Å². The van der Waals surface area contributed by atoms with Crippen LogP contribution in [0.25, 0.3) is 0 Å². The van der Waals surface area contributed by atoms with Crippen molar-refractivity contribution >= 4 is 40.0 Å². The highest BCUT2D eigenvalue weighted by molar-refractivity contribution is 14.0. The number of halogens is 1. The number of guanidine groups is 1. The Kier molecular flexibility index (Phi) is 8.99. The number of nitrogens with zero attached hydrogens (tertiary/aromatic N) is 2. The van der Waals surface area contributed by atoms with E-state index in [-0.39, 0.29) is 29.9 Å². The number of nitrogens with one attached hydrogen (secondary N) is 1. The Labute approximate surface area is 139 Å². The highest BCUT2D eigenvalue weighted by Crippen LogP contribution is 2.18. The van der Waals surface area contributed by atoms with Crippen molar-refractivity contribution in [3.63, 3.8) is 0 Å². The van der Waals surface area contributed by atoms with E-state index in [0.717, 1.165) is 19.4 Å². The van der Waals surface area contributed by atoms with Crippen molar-refractivity contribution in [2.75, 3.05) is 32.4 Å². The molecular formula is C12H27IN4O2S. The molecule has 0 aromatic carbocycles. The fourth-order valence-corrected chi connectivity index (χ4v) is 2.94. The summed E-state index contributed by atoms with van der Waals surface area (Å²) >= 11 is 0. The predicted octanol–water partition coefficient (Wildman–Crippen LogP) is 0.836. The summed E-state index contributed by atoms with van der Waals surface area (Å²) < 4.78 is 24.3. The lowest BCUT2D eigenvalue weighted by atomic mass is 10.1. The lowest BCUT2D eigenvalue weighted by Crippen LogP contribution is -2.33. The van der Waals surface area contributed by atoms with Crippen LogP contribution in [0.1, 0.15) is 26.7 Å². The molecule has 8 heteroatoms. The Balaban J connectivity index is 0.00000361. The van der Waals surface area contributed by atoms with Crippen LogP contribution in [-0.4, -0.2) is 51.1 Å². The molecule has 1 fully saturated rings. The van der Waals surface area contributed by atoms with Crippen LogP contribution in [0.4, 0.5) is 0 Å². The average Bonchev–Trinajstić information content (AvgIpc) is 2.74. The molecular weight excluding hydrogens is 391 g/mol. The molecule has 0 aromatic heterocycles. The van der Waals surface area contributed by atoms with Gasteiger partial charge in [0.2, 0.25) is 10.0 Å². The van der Waals surface area contributed by atoms with Crippen LogP contribution in [0.2, 0.25) is 0 Å². The van der Waals surface area contributed by atoms with Crippen LogP contribution in [0, 0.1) is 11.8 Å². The third-order valence-electron chi connectivity index (χ3n) is 3.27. The molecule has 3 N–H and O–H groups in total. The van der Waals surface area contributed by atoms with E-state index in [1.165, 1.54) is 10.6 Å². The molecule has 0 bridgehead atoms. The standard InChI is InChI=1S/C12H26N4O2S.HI/c1-10(2)4-6-14-12(13)15-8-11-5-7-16(9-11)19(3,17)18;/h10-11H,4-9H2,1-3H3,(H3,13,14,15);1H. The third-order valence-corrected chi connectivity index (χ3v) is 4.53. The number of nitrogens with two attached hydrogens (primary N) is 1. The highest BCUT2D eigenvalue weighted by atomic mass is 127. The summed E-state index contributed by atoms with van der Waals surface area (Å²) in [6.45, 7) is 6.89. The van der Waals surface area contributed by atoms with Crippen molar-refractivity contribution in [3.05, 3.63) is 0 Å². The van der Waals surface area contributed by atoms with E-state index in [0.29, 0.717) is 31.5 Å². The summed E-state index contributed by atoms with van der Waals surface area (Å²) in [7, 11) is -3.06. The first-order valence-corrected chi connectivity index (χ1v) is 8.62. The van der Waals surface area contributed by atoms with E-state index >= 15 is 0 Å². The van der Waals surface area contributed by atoms with Crippen LogP contribution in [0.3, 0.4) is 0 Å². The summed E-state index contributed by atoms with van der Waals surface area (Å²) in [6.07, 6.45) is 3.16. The van der Waals surface area contributed by atoms with E-state index in [1.54, 1.807) is 0 Å². The zero-order valence-electron chi connectivity index (χ0n) is 12.5. The van der Waals surface area contributed by atoms with E-state index in [9.17, 15) is 8.42 Å². The topological polar surface area (TPSA) is 87.8 Å². The van der Waals surface area contributed by atoms with Crippen LogP contribution in [0.15, 0.2) is 4.99 Å². The molecule has 1 rings (SSSR count). The maximum atomic E-state index is 11.4. The van der Waals surface area contributed by atoms with Gasteiger partial charge in [0.15, 0.2) is 5.96 Å². The van der Waals surface area contributed by atoms with Crippen molar-refractivity contribution in [3.8, 4) is 0 Å². The second-order valence-electron chi connectivity index (χ2n) is 5.61. The van der Waals surface area contributed by atoms with Crippen molar-refractivity contribution < 1.29 is 8.42 Å². The molecule has 1 aliphatic rings. The monoisotopic (exact) mass is 418 g/mol. The van der Waals surface area contributed by atoms with Crippen LogP contribution in [0.5, 0.6) is 0 Å². The maximum absolute atomic E-state index is 11.4. The lowest BCUT2D eigenvalue weighted by molar-refractivity contribution is 0.464. The minimum atomic E-state index is -3.06. The Morgan fingerprint density at radius 3 is 2.65 bits per heavy atom. The van der Waals surface area contributed by atoms with E-state index in [4.69, 9.17) is 5.73 Å². The van der Waals surface area contributed by atoms with Gasteiger partial charge in [0.05, 0.1) is 6.26 Å². The largest absolute Gasteiger partial charge is 0.370 e. The molecule has 120 valence electrons. The fourth-order valence-electron chi connectivity index (χ4n) is 2.02. The van der Waals surface area contributed by atoms with Crippen LogP contribution >= 0.6 is 24.0 Å². The van der Waals surface area contributed by atoms with E-state index in [2.05, 4.69) is 24.2 Å². The van der Waals surface area contributed by atoms with Crippen molar-refractivity contribution in [1.82, 2.24) is 9.62 Å². The van der Waals surface area contributed by atoms with Crippen LogP contribution < -0.4 is 11.1 Å². The number of aliphatic imine (C=N–C) groups is 1. The molecule has 0 spiro atoms. The number of hydrogen-bond donors (Lipinski definition) is 2. The summed E-state index contributed by atoms with van der Waals surface area (Å²) in [5.41, 5.74) is 5.77. The van der Waals surface area contributed by atoms with Gasteiger partial charge in [0.25, 0.3) is 0 Å². The number of sulfonamides is 1. The van der Waals surface area contributed by atoms with Gasteiger partial charge in [0, 0.05) is 26.2 Å². The Morgan fingerprint density at radius 1 is 1.50 bits per heavy atom. The van der Waals surface area contributed by atoms with Gasteiger partial charge in [-0.05, 0) is 24.7 Å². The molecule has 0 saturated carbocycles. The normalized spacial score (nSPS) is 21.0. The van der Waals surface area contributed by atoms with Crippen molar-refractivity contribution in [2.24, 2.45) is 22.6 Å². The quantitative estimate of drug-likeness (QED) is 0.380. The molecule has 6 nitrogen and oxygen atoms in total. The van der Waals surface area contributed by atoms with Crippen molar-refractivity contribution in [1.29, 1.82) is 0 Å². The van der Waals surface area contributed by atoms with Gasteiger partial charge in [-0.15, -0.1) is 24.0 Å². The predicted molar refractivity (Wildman–Crippen MR) is 93.9 cm³/mol. The first kappa shape index (κ1) is 19.9. The first-order valence-electron chi connectivity index (χ1n) is 6.78. The molecule has 1 heterocycles. The minimum absolute atomic E-state index is 0. The molecule has 1 unspecified atom stereocenters. The van der Waals surface area contributed by atoms with Gasteiger partial charge < -0.3 is 11.1 Å². The van der Waals surface area contributed by atoms with E-state index < -0.39 is 10.0 Å². The molecule has 0 radical (unpaired) electrons. The summed E-state index contributed by atoms with van der Waals surface area (Å²) in [5.74, 6) is 1.37. The molecule has 20 heavy (non-hydrogen) atoms. The van der Waals surface area contributed by atoms with Crippen LogP contribution in [-0.2, 0) is 10.0 Å². The summed E-state index contributed by atoms with van der Waals surface area (Å²) in [5, 5.41) is 3.08. The minimum Gasteiger partial charge on any atom is -0.370 e. The van der Waals surface area contributed by atoms with Gasteiger partial charge >= 0.3 is 0 Å². The Bertz CT molecular complexity index is 412. The molecule has 0 aliphatic carbocycles. The number of hydrogen-bond acceptors (Lipinski definition) is 3. The van der Waals surface area contributed by atoms with Gasteiger partial charge in [-0.3, -0.25) is 4.99 Å². The second kappa shape index (κ2) is 9.04. The summed E-state index contributed by atoms with van der Waals surface area (Å²) in [6, 6.07) is 0. The first-order chi connectivity index (χ1) is 8.79. The molecule has 1 atom stereocenters. The highest BCUT2D eigenvalue weighted by Gasteiger charge is 2.28. The fraction of sp³-hybridized carbons (Fsp3) is 0.917. The Hall–Kier alpha value is -0.0900. The average molecular weight is 418 g/mol. The SMILES string of the molecule is CC(C)CCNC(N)=NCC1CCN(S(C)(=O)=O)C1.I. The zero-order chi connectivity index (χ0) is 14.5. The van der Waals surface area contributed by atoms with Gasteiger partial charge in [-0.1, -0.05) is 13.8 Å². The van der Waals surface area contributed by atoms with Gasteiger partial charge in [-0.25, -0.2) is 12.7 Å². The molecule has 0 amide bonds. The lowest BCUT2D eigenvalue weighted by Gasteiger charge is -2.12. The summed E-state index contributed by atoms with van der Waals surface area (Å²) in [4.78, 5) is 4.28. The number of rotatable bonds is 6. The van der Waals surface area contributed by atoms with Gasteiger partial charge in [0.1, 0.15) is 0 Å². The molecule has 1 saturated heterocycles. The smallest absolute Gasteiger partial charge is 0.211 e. The molecule has 0 aromatic rings. The zero-order valence-corrected chi connectivity index (χ0v) is 15.6. The third kappa shape index (κ3) is 7.63. The van der Waals surface area contributed by atoms with E-state index in [1.807, 2.05) is 0 Å². The molecule has 1 aliphatic heterocycles. The Morgan fingerprint density at radius 2 is 2.15 bits per heavy atom. The maximum Gasteiger partial charge on any atom is 0.211 e.